The minimum atomic E-state index is 0.0695. The summed E-state index contributed by atoms with van der Waals surface area (Å²) in [6, 6.07) is 6.42. The molecule has 0 aromatic heterocycles. The predicted molar refractivity (Wildman–Crippen MR) is 76.1 cm³/mol. The van der Waals surface area contributed by atoms with E-state index >= 15 is 0 Å². The Balaban J connectivity index is 1.70. The maximum Gasteiger partial charge on any atom is 0.251 e. The monoisotopic (exact) mass is 258 g/mol. The van der Waals surface area contributed by atoms with Crippen LogP contribution in [-0.2, 0) is 12.8 Å². The lowest BCUT2D eigenvalue weighted by Crippen LogP contribution is -2.39. The summed E-state index contributed by atoms with van der Waals surface area (Å²) >= 11 is 0. The van der Waals surface area contributed by atoms with Gasteiger partial charge in [-0.1, -0.05) is 12.5 Å². The molecule has 2 atom stereocenters. The summed E-state index contributed by atoms with van der Waals surface area (Å²) in [6.07, 6.45) is 6.89. The molecule has 102 valence electrons. The minimum absolute atomic E-state index is 0.0695. The average molecular weight is 258 g/mol. The zero-order valence-corrected chi connectivity index (χ0v) is 11.3. The first kappa shape index (κ1) is 12.7. The van der Waals surface area contributed by atoms with Gasteiger partial charge in [0.05, 0.1) is 0 Å². The molecule has 19 heavy (non-hydrogen) atoms. The third-order valence-electron chi connectivity index (χ3n) is 4.64. The van der Waals surface area contributed by atoms with Crippen LogP contribution in [-0.4, -0.2) is 18.5 Å². The first-order valence-corrected chi connectivity index (χ1v) is 7.40. The standard InChI is InChI=1S/C16H22N2O/c17-10-14-5-2-6-15(14)18-16(19)13-8-7-11-3-1-4-12(11)9-13/h7-9,14-15H,1-6,10,17H2,(H,18,19). The van der Waals surface area contributed by atoms with Gasteiger partial charge in [-0.25, -0.2) is 0 Å². The molecule has 3 heteroatoms. The van der Waals surface area contributed by atoms with Crippen molar-refractivity contribution in [1.82, 2.24) is 5.32 Å². The lowest BCUT2D eigenvalue weighted by atomic mass is 10.0. The second kappa shape index (κ2) is 5.33. The van der Waals surface area contributed by atoms with E-state index in [4.69, 9.17) is 5.73 Å². The van der Waals surface area contributed by atoms with E-state index in [1.165, 1.54) is 24.0 Å². The fourth-order valence-corrected chi connectivity index (χ4v) is 3.47. The summed E-state index contributed by atoms with van der Waals surface area (Å²) in [5.41, 5.74) is 9.34. The van der Waals surface area contributed by atoms with Crippen LogP contribution in [0.4, 0.5) is 0 Å². The van der Waals surface area contributed by atoms with Crippen LogP contribution in [0.15, 0.2) is 18.2 Å². The van der Waals surface area contributed by atoms with Crippen molar-refractivity contribution in [2.75, 3.05) is 6.54 Å². The van der Waals surface area contributed by atoms with Crippen molar-refractivity contribution in [3.05, 3.63) is 34.9 Å². The van der Waals surface area contributed by atoms with Gasteiger partial charge in [-0.15, -0.1) is 0 Å². The van der Waals surface area contributed by atoms with Gasteiger partial charge < -0.3 is 11.1 Å². The number of hydrogen-bond acceptors (Lipinski definition) is 2. The van der Waals surface area contributed by atoms with Gasteiger partial charge >= 0.3 is 0 Å². The normalized spacial score (nSPS) is 25.3. The highest BCUT2D eigenvalue weighted by Gasteiger charge is 2.27. The molecule has 0 aliphatic heterocycles. The van der Waals surface area contributed by atoms with Gasteiger partial charge in [0.25, 0.3) is 5.91 Å². The maximum absolute atomic E-state index is 12.3. The largest absolute Gasteiger partial charge is 0.349 e. The molecule has 0 radical (unpaired) electrons. The Morgan fingerprint density at radius 2 is 2.05 bits per heavy atom. The van der Waals surface area contributed by atoms with Crippen LogP contribution >= 0.6 is 0 Å². The highest BCUT2D eigenvalue weighted by atomic mass is 16.1. The Labute approximate surface area is 114 Å². The van der Waals surface area contributed by atoms with Gasteiger partial charge in [0.15, 0.2) is 0 Å². The zero-order valence-electron chi connectivity index (χ0n) is 11.3. The smallest absolute Gasteiger partial charge is 0.251 e. The van der Waals surface area contributed by atoms with E-state index in [0.717, 1.165) is 31.2 Å². The van der Waals surface area contributed by atoms with Crippen molar-refractivity contribution < 1.29 is 4.79 Å². The number of carbonyl (C=O) groups is 1. The molecular weight excluding hydrogens is 236 g/mol. The molecule has 3 N–H and O–H groups in total. The molecule has 1 aromatic carbocycles. The number of amides is 1. The molecule has 0 heterocycles. The number of rotatable bonds is 3. The fraction of sp³-hybridized carbons (Fsp3) is 0.562. The van der Waals surface area contributed by atoms with Crippen LogP contribution in [0.2, 0.25) is 0 Å². The summed E-state index contributed by atoms with van der Waals surface area (Å²) in [5, 5.41) is 3.17. The third-order valence-corrected chi connectivity index (χ3v) is 4.64. The minimum Gasteiger partial charge on any atom is -0.349 e. The van der Waals surface area contributed by atoms with Gasteiger partial charge in [-0.05, 0) is 67.8 Å². The molecule has 2 unspecified atom stereocenters. The Bertz CT molecular complexity index is 484. The first-order valence-electron chi connectivity index (χ1n) is 7.40. The fourth-order valence-electron chi connectivity index (χ4n) is 3.47. The van der Waals surface area contributed by atoms with Crippen LogP contribution in [0.25, 0.3) is 0 Å². The van der Waals surface area contributed by atoms with Gasteiger partial charge in [0.1, 0.15) is 0 Å². The van der Waals surface area contributed by atoms with Crippen LogP contribution in [0.1, 0.15) is 47.2 Å². The molecule has 0 saturated heterocycles. The van der Waals surface area contributed by atoms with E-state index in [0.29, 0.717) is 12.5 Å². The first-order chi connectivity index (χ1) is 9.28. The highest BCUT2D eigenvalue weighted by molar-refractivity contribution is 5.94. The predicted octanol–water partition coefficient (Wildman–Crippen LogP) is 2.03. The topological polar surface area (TPSA) is 55.1 Å². The molecule has 0 bridgehead atoms. The van der Waals surface area contributed by atoms with Crippen molar-refractivity contribution >= 4 is 5.91 Å². The van der Waals surface area contributed by atoms with Gasteiger partial charge in [0.2, 0.25) is 0 Å². The highest BCUT2D eigenvalue weighted by Crippen LogP contribution is 2.26. The summed E-state index contributed by atoms with van der Waals surface area (Å²) in [5.74, 6) is 0.526. The van der Waals surface area contributed by atoms with Crippen LogP contribution in [0.5, 0.6) is 0 Å². The van der Waals surface area contributed by atoms with Crippen LogP contribution < -0.4 is 11.1 Å². The van der Waals surface area contributed by atoms with Crippen molar-refractivity contribution in [2.24, 2.45) is 11.7 Å². The Kier molecular flexibility index (Phi) is 3.56. The van der Waals surface area contributed by atoms with E-state index in [1.54, 1.807) is 0 Å². The molecule has 1 fully saturated rings. The Morgan fingerprint density at radius 3 is 2.89 bits per heavy atom. The number of aryl methyl sites for hydroxylation is 2. The van der Waals surface area contributed by atoms with E-state index < -0.39 is 0 Å². The van der Waals surface area contributed by atoms with Gasteiger partial charge in [-0.2, -0.15) is 0 Å². The Hall–Kier alpha value is -1.35. The number of nitrogens with one attached hydrogen (secondary N) is 1. The van der Waals surface area contributed by atoms with Gasteiger partial charge in [-0.3, -0.25) is 4.79 Å². The number of benzene rings is 1. The molecule has 3 rings (SSSR count). The average Bonchev–Trinajstić information content (AvgIpc) is 3.05. The molecule has 0 spiro atoms. The summed E-state index contributed by atoms with van der Waals surface area (Å²) in [4.78, 5) is 12.3. The number of fused-ring (bicyclic) bond motifs is 1. The van der Waals surface area contributed by atoms with Crippen molar-refractivity contribution in [3.8, 4) is 0 Å². The van der Waals surface area contributed by atoms with Crippen molar-refractivity contribution in [3.63, 3.8) is 0 Å². The van der Waals surface area contributed by atoms with E-state index in [1.807, 2.05) is 6.07 Å². The second-order valence-electron chi connectivity index (χ2n) is 5.84. The molecule has 3 nitrogen and oxygen atoms in total. The quantitative estimate of drug-likeness (QED) is 0.871. The molecular formula is C16H22N2O. The Morgan fingerprint density at radius 1 is 1.21 bits per heavy atom. The SMILES string of the molecule is NCC1CCCC1NC(=O)c1ccc2c(c1)CCC2. The lowest BCUT2D eigenvalue weighted by Gasteiger charge is -2.19. The number of carbonyl (C=O) groups excluding carboxylic acids is 1. The van der Waals surface area contributed by atoms with E-state index in [-0.39, 0.29) is 11.9 Å². The molecule has 1 aromatic rings. The third kappa shape index (κ3) is 2.52. The van der Waals surface area contributed by atoms with Crippen molar-refractivity contribution in [1.29, 1.82) is 0 Å². The van der Waals surface area contributed by atoms with Crippen LogP contribution in [0.3, 0.4) is 0 Å². The lowest BCUT2D eigenvalue weighted by molar-refractivity contribution is 0.0928. The summed E-state index contributed by atoms with van der Waals surface area (Å²) < 4.78 is 0. The molecule has 1 saturated carbocycles. The van der Waals surface area contributed by atoms with Crippen molar-refractivity contribution in [2.45, 2.75) is 44.6 Å². The van der Waals surface area contributed by atoms with Crippen LogP contribution in [0, 0.1) is 5.92 Å². The summed E-state index contributed by atoms with van der Waals surface area (Å²) in [6.45, 7) is 0.676. The second-order valence-corrected chi connectivity index (χ2v) is 5.84. The molecule has 2 aliphatic carbocycles. The molecule has 2 aliphatic rings. The maximum atomic E-state index is 12.3. The zero-order chi connectivity index (χ0) is 13.2. The van der Waals surface area contributed by atoms with E-state index in [9.17, 15) is 4.79 Å². The number of hydrogen-bond donors (Lipinski definition) is 2. The number of nitrogens with two attached hydrogens (primary N) is 1. The molecule has 1 amide bonds. The van der Waals surface area contributed by atoms with E-state index in [2.05, 4.69) is 17.4 Å². The summed E-state index contributed by atoms with van der Waals surface area (Å²) in [7, 11) is 0. The van der Waals surface area contributed by atoms with Gasteiger partial charge in [0, 0.05) is 11.6 Å².